The van der Waals surface area contributed by atoms with Gasteiger partial charge in [-0.1, -0.05) is 112 Å². The lowest BCUT2D eigenvalue weighted by Gasteiger charge is -2.01. The van der Waals surface area contributed by atoms with Crippen LogP contribution in [0.5, 0.6) is 0 Å². The van der Waals surface area contributed by atoms with E-state index in [4.69, 9.17) is 0 Å². The molecule has 42 heavy (non-hydrogen) atoms. The summed E-state index contributed by atoms with van der Waals surface area (Å²) in [7, 11) is 0. The average molecular weight is 547 g/mol. The predicted molar refractivity (Wildman–Crippen MR) is 179 cm³/mol. The van der Waals surface area contributed by atoms with E-state index < -0.39 is 0 Å². The number of hydrogen-bond donors (Lipinski definition) is 0. The van der Waals surface area contributed by atoms with Crippen molar-refractivity contribution in [3.05, 3.63) is 142 Å². The fourth-order valence-corrected chi connectivity index (χ4v) is 4.73. The zero-order chi connectivity index (χ0) is 29.2. The van der Waals surface area contributed by atoms with E-state index in [1.54, 1.807) is 0 Å². The topological polar surface area (TPSA) is 0 Å². The third-order valence-electron chi connectivity index (χ3n) is 7.37. The lowest BCUT2D eigenvalue weighted by Crippen LogP contribution is -1.86. The van der Waals surface area contributed by atoms with E-state index in [9.17, 15) is 0 Å². The maximum Gasteiger partial charge on any atom is 0.0249 e. The van der Waals surface area contributed by atoms with Crippen LogP contribution in [0.1, 0.15) is 110 Å². The zero-order valence-corrected chi connectivity index (χ0v) is 25.3. The fraction of sp³-hybridized carbons (Fsp3) is 0.286. The molecular weight excluding hydrogens is 504 g/mol. The minimum atomic E-state index is 0.977. The van der Waals surface area contributed by atoms with E-state index >= 15 is 0 Å². The molecule has 0 saturated heterocycles. The summed E-state index contributed by atoms with van der Waals surface area (Å²) in [6, 6.07) is 33.7. The van der Waals surface area contributed by atoms with Crippen molar-refractivity contribution in [1.29, 1.82) is 0 Å². The van der Waals surface area contributed by atoms with Crippen molar-refractivity contribution in [2.75, 3.05) is 0 Å². The van der Waals surface area contributed by atoms with E-state index in [-0.39, 0.29) is 0 Å². The van der Waals surface area contributed by atoms with Crippen molar-refractivity contribution in [2.45, 2.75) is 78.1 Å². The van der Waals surface area contributed by atoms with Crippen LogP contribution in [0.15, 0.2) is 97.1 Å². The molecule has 0 unspecified atom stereocenters. The summed E-state index contributed by atoms with van der Waals surface area (Å²) in [4.78, 5) is 0. The van der Waals surface area contributed by atoms with Crippen LogP contribution < -0.4 is 0 Å². The molecule has 0 radical (unpaired) electrons. The van der Waals surface area contributed by atoms with Gasteiger partial charge in [0.25, 0.3) is 0 Å². The quantitative estimate of drug-likeness (QED) is 0.137. The van der Waals surface area contributed by atoms with Crippen LogP contribution in [0.25, 0.3) is 0 Å². The van der Waals surface area contributed by atoms with Crippen LogP contribution in [0, 0.1) is 35.5 Å². The molecule has 0 heteroatoms. The Morgan fingerprint density at radius 1 is 0.310 bits per heavy atom. The van der Waals surface area contributed by atoms with Crippen LogP contribution in [-0.2, 0) is 12.8 Å². The van der Waals surface area contributed by atoms with Crippen molar-refractivity contribution in [2.24, 2.45) is 0 Å². The first-order valence-corrected chi connectivity index (χ1v) is 15.7. The first kappa shape index (κ1) is 30.5. The summed E-state index contributed by atoms with van der Waals surface area (Å²) in [6.45, 7) is 4.50. The molecule has 0 heterocycles. The largest absolute Gasteiger partial charge is 0.0654 e. The third kappa shape index (κ3) is 10.9. The molecule has 0 nitrogen and oxygen atoms in total. The maximum absolute atomic E-state index is 3.28. The summed E-state index contributed by atoms with van der Waals surface area (Å²) in [5.74, 6) is 19.6. The van der Waals surface area contributed by atoms with E-state index in [0.29, 0.717) is 0 Å². The fourth-order valence-electron chi connectivity index (χ4n) is 4.73. The van der Waals surface area contributed by atoms with Crippen molar-refractivity contribution in [3.63, 3.8) is 0 Å². The molecule has 0 bridgehead atoms. The van der Waals surface area contributed by atoms with Gasteiger partial charge in [0, 0.05) is 33.4 Å². The summed E-state index contributed by atoms with van der Waals surface area (Å²) in [5, 5.41) is 0. The van der Waals surface area contributed by atoms with Gasteiger partial charge in [0.15, 0.2) is 0 Å². The molecular formula is C42H42. The smallest absolute Gasteiger partial charge is 0.0249 e. The molecule has 210 valence electrons. The van der Waals surface area contributed by atoms with Crippen LogP contribution in [0.4, 0.5) is 0 Å². The van der Waals surface area contributed by atoms with E-state index in [1.807, 2.05) is 48.5 Å². The highest BCUT2D eigenvalue weighted by Gasteiger charge is 1.96. The van der Waals surface area contributed by atoms with E-state index in [0.717, 1.165) is 46.2 Å². The molecule has 0 atom stereocenters. The molecule has 0 aliphatic carbocycles. The second-order valence-electron chi connectivity index (χ2n) is 10.9. The van der Waals surface area contributed by atoms with Gasteiger partial charge in [-0.05, 0) is 110 Å². The van der Waals surface area contributed by atoms with Gasteiger partial charge in [0.05, 0.1) is 0 Å². The summed E-state index contributed by atoms with van der Waals surface area (Å²) >= 11 is 0. The second-order valence-corrected chi connectivity index (χ2v) is 10.9. The van der Waals surface area contributed by atoms with Gasteiger partial charge in [-0.25, -0.2) is 0 Å². The SMILES string of the molecule is CCCCCCc1ccc(C#Cc2ccc(C#Cc3ccc(C#Cc4ccc(CCCCCC)cc4)cc3)cc2)cc1. The Labute approximate surface area is 254 Å². The Bertz CT molecular complexity index is 1430. The van der Waals surface area contributed by atoms with Gasteiger partial charge in [-0.2, -0.15) is 0 Å². The molecule has 0 saturated carbocycles. The van der Waals surface area contributed by atoms with Crippen molar-refractivity contribution >= 4 is 0 Å². The first-order valence-electron chi connectivity index (χ1n) is 15.7. The maximum atomic E-state index is 3.28. The third-order valence-corrected chi connectivity index (χ3v) is 7.37. The average Bonchev–Trinajstić information content (AvgIpc) is 3.04. The molecule has 0 aliphatic rings. The van der Waals surface area contributed by atoms with Crippen LogP contribution in [0.2, 0.25) is 0 Å². The highest BCUT2D eigenvalue weighted by molar-refractivity contribution is 5.50. The Morgan fingerprint density at radius 3 is 0.786 bits per heavy atom. The van der Waals surface area contributed by atoms with Gasteiger partial charge in [-0.3, -0.25) is 0 Å². The molecule has 0 fully saturated rings. The number of benzene rings is 4. The summed E-state index contributed by atoms with van der Waals surface area (Å²) < 4.78 is 0. The molecule has 4 rings (SSSR count). The molecule has 0 aliphatic heterocycles. The van der Waals surface area contributed by atoms with Crippen LogP contribution in [0.3, 0.4) is 0 Å². The minimum absolute atomic E-state index is 0.977. The Hall–Kier alpha value is -4.44. The summed E-state index contributed by atoms with van der Waals surface area (Å²) in [6.07, 6.45) is 12.7. The molecule has 4 aromatic rings. The monoisotopic (exact) mass is 546 g/mol. The van der Waals surface area contributed by atoms with Gasteiger partial charge >= 0.3 is 0 Å². The second kappa shape index (κ2) is 17.4. The molecule has 0 aromatic heterocycles. The molecule has 4 aromatic carbocycles. The van der Waals surface area contributed by atoms with Crippen LogP contribution in [-0.4, -0.2) is 0 Å². The van der Waals surface area contributed by atoms with Gasteiger partial charge in [0.1, 0.15) is 0 Å². The van der Waals surface area contributed by atoms with Gasteiger partial charge in [-0.15, -0.1) is 0 Å². The van der Waals surface area contributed by atoms with Gasteiger partial charge < -0.3 is 0 Å². The lowest BCUT2D eigenvalue weighted by molar-refractivity contribution is 0.667. The zero-order valence-electron chi connectivity index (χ0n) is 25.3. The van der Waals surface area contributed by atoms with Crippen molar-refractivity contribution in [1.82, 2.24) is 0 Å². The highest BCUT2D eigenvalue weighted by Crippen LogP contribution is 2.11. The van der Waals surface area contributed by atoms with E-state index in [1.165, 1.54) is 62.5 Å². The predicted octanol–water partition coefficient (Wildman–Crippen LogP) is 10.1. The van der Waals surface area contributed by atoms with E-state index in [2.05, 4.69) is 97.9 Å². The highest BCUT2D eigenvalue weighted by atomic mass is 14.0. The Morgan fingerprint density at radius 2 is 0.548 bits per heavy atom. The molecule has 0 spiro atoms. The molecule has 0 N–H and O–H groups in total. The normalized spacial score (nSPS) is 10.0. The van der Waals surface area contributed by atoms with Crippen LogP contribution >= 0.6 is 0 Å². The number of rotatable bonds is 10. The van der Waals surface area contributed by atoms with Gasteiger partial charge in [0.2, 0.25) is 0 Å². The number of aryl methyl sites for hydroxylation is 2. The molecule has 0 amide bonds. The Balaban J connectivity index is 1.27. The minimum Gasteiger partial charge on any atom is -0.0654 e. The standard InChI is InChI=1S/C42H42/c1-3-5-7-9-11-35-13-17-37(18-14-35)21-23-39-25-29-41(30-26-39)33-34-42-31-27-40(28-32-42)24-22-38-19-15-36(16-20-38)12-10-8-6-4-2/h13-20,25-32H,3-12H2,1-2H3. The van der Waals surface area contributed by atoms with Crippen molar-refractivity contribution in [3.8, 4) is 35.5 Å². The Kier molecular flexibility index (Phi) is 12.6. The lowest BCUT2D eigenvalue weighted by atomic mass is 10.0. The summed E-state index contributed by atoms with van der Waals surface area (Å²) in [5.41, 5.74) is 8.84. The first-order chi connectivity index (χ1) is 20.7. The number of unbranched alkanes of at least 4 members (excludes halogenated alkanes) is 6. The number of hydrogen-bond acceptors (Lipinski definition) is 0. The van der Waals surface area contributed by atoms with Crippen molar-refractivity contribution < 1.29 is 0 Å².